The van der Waals surface area contributed by atoms with E-state index in [9.17, 15) is 14.4 Å². The first-order chi connectivity index (χ1) is 9.15. The third-order valence-electron chi connectivity index (χ3n) is 3.01. The summed E-state index contributed by atoms with van der Waals surface area (Å²) in [5.74, 6) is -0.310. The number of nitrogens with one attached hydrogen (secondary N) is 1. The molecule has 0 saturated carbocycles. The quantitative estimate of drug-likeness (QED) is 0.506. The first-order valence-corrected chi connectivity index (χ1v) is 6.95. The van der Waals surface area contributed by atoms with Gasteiger partial charge >= 0.3 is 0 Å². The Hall–Kier alpha value is -1.65. The second-order valence-electron chi connectivity index (χ2n) is 4.68. The second kappa shape index (κ2) is 8.45. The van der Waals surface area contributed by atoms with Gasteiger partial charge in [0.2, 0.25) is 5.91 Å². The first kappa shape index (κ1) is 15.4. The van der Waals surface area contributed by atoms with Crippen LogP contribution in [0, 0.1) is 0 Å². The van der Waals surface area contributed by atoms with Crippen LogP contribution in [-0.4, -0.2) is 35.7 Å². The van der Waals surface area contributed by atoms with Crippen LogP contribution in [0.2, 0.25) is 0 Å². The van der Waals surface area contributed by atoms with Gasteiger partial charge < -0.3 is 5.32 Å². The van der Waals surface area contributed by atoms with E-state index in [0.717, 1.165) is 32.1 Å². The molecule has 19 heavy (non-hydrogen) atoms. The van der Waals surface area contributed by atoms with Gasteiger partial charge in [-0.3, -0.25) is 19.3 Å². The summed E-state index contributed by atoms with van der Waals surface area (Å²) in [7, 11) is 0. The molecule has 1 N–H and O–H groups in total. The Labute approximate surface area is 114 Å². The summed E-state index contributed by atoms with van der Waals surface area (Å²) in [6.45, 7) is 3.18. The largest absolute Gasteiger partial charge is 0.356 e. The second-order valence-corrected chi connectivity index (χ2v) is 4.68. The van der Waals surface area contributed by atoms with Gasteiger partial charge in [0.05, 0.1) is 0 Å². The molecule has 0 aromatic rings. The minimum atomic E-state index is -0.211. The fourth-order valence-corrected chi connectivity index (χ4v) is 1.94. The molecule has 0 radical (unpaired) electrons. The molecule has 5 nitrogen and oxygen atoms in total. The topological polar surface area (TPSA) is 66.5 Å². The summed E-state index contributed by atoms with van der Waals surface area (Å²) in [6, 6.07) is 0. The molecule has 0 fully saturated rings. The van der Waals surface area contributed by atoms with Gasteiger partial charge in [0.1, 0.15) is 0 Å². The number of carbonyl (C=O) groups is 3. The third-order valence-corrected chi connectivity index (χ3v) is 3.01. The summed E-state index contributed by atoms with van der Waals surface area (Å²) in [5.41, 5.74) is 0. The number of carbonyl (C=O) groups excluding carboxylic acids is 3. The molecule has 1 aliphatic rings. The fourth-order valence-electron chi connectivity index (χ4n) is 1.94. The van der Waals surface area contributed by atoms with Crippen LogP contribution in [0.25, 0.3) is 0 Å². The summed E-state index contributed by atoms with van der Waals surface area (Å²) in [4.78, 5) is 35.0. The number of unbranched alkanes of at least 4 members (excludes halogenated alkanes) is 3. The predicted molar refractivity (Wildman–Crippen MR) is 72.2 cm³/mol. The van der Waals surface area contributed by atoms with Crippen molar-refractivity contribution in [1.82, 2.24) is 10.2 Å². The Kier molecular flexibility index (Phi) is 6.85. The van der Waals surface area contributed by atoms with Crippen LogP contribution in [0.15, 0.2) is 12.2 Å². The smallest absolute Gasteiger partial charge is 0.253 e. The molecule has 0 spiro atoms. The van der Waals surface area contributed by atoms with E-state index in [1.807, 2.05) is 6.92 Å². The van der Waals surface area contributed by atoms with E-state index in [1.54, 1.807) is 0 Å². The number of rotatable bonds is 9. The normalized spacial score (nSPS) is 14.3. The van der Waals surface area contributed by atoms with E-state index in [0.29, 0.717) is 19.5 Å². The lowest BCUT2D eigenvalue weighted by molar-refractivity contribution is -0.136. The number of hydrogen-bond donors (Lipinski definition) is 1. The molecule has 0 saturated heterocycles. The number of amides is 3. The van der Waals surface area contributed by atoms with Gasteiger partial charge in [-0.2, -0.15) is 0 Å². The molecule has 0 atom stereocenters. The van der Waals surface area contributed by atoms with E-state index in [1.165, 1.54) is 17.1 Å². The monoisotopic (exact) mass is 266 g/mol. The van der Waals surface area contributed by atoms with E-state index in [-0.39, 0.29) is 17.7 Å². The zero-order valence-corrected chi connectivity index (χ0v) is 11.5. The molecule has 3 amide bonds. The lowest BCUT2D eigenvalue weighted by Crippen LogP contribution is -2.30. The molecule has 0 bridgehead atoms. The summed E-state index contributed by atoms with van der Waals surface area (Å²) in [5, 5.41) is 2.86. The van der Waals surface area contributed by atoms with Crippen LogP contribution >= 0.6 is 0 Å². The van der Waals surface area contributed by atoms with Gasteiger partial charge in [0.15, 0.2) is 0 Å². The maximum absolute atomic E-state index is 11.3. The number of nitrogens with zero attached hydrogens (tertiary/aromatic N) is 1. The summed E-state index contributed by atoms with van der Waals surface area (Å²) in [6.07, 6.45) is 7.80. The van der Waals surface area contributed by atoms with Crippen LogP contribution in [0.3, 0.4) is 0 Å². The molecule has 106 valence electrons. The maximum atomic E-state index is 11.3. The standard InChI is InChI=1S/C14H22N2O3/c1-2-7-12(17)15-10-5-3-4-6-11-16-13(18)8-9-14(16)19/h8-9H,2-7,10-11H2,1H3,(H,15,17). The van der Waals surface area contributed by atoms with Crippen molar-refractivity contribution in [3.8, 4) is 0 Å². The maximum Gasteiger partial charge on any atom is 0.253 e. The van der Waals surface area contributed by atoms with E-state index < -0.39 is 0 Å². The molecule has 0 aromatic heterocycles. The molecule has 1 aliphatic heterocycles. The molecule has 5 heteroatoms. The highest BCUT2D eigenvalue weighted by Crippen LogP contribution is 2.07. The summed E-state index contributed by atoms with van der Waals surface area (Å²) >= 11 is 0. The first-order valence-electron chi connectivity index (χ1n) is 6.95. The van der Waals surface area contributed by atoms with E-state index >= 15 is 0 Å². The Bertz CT molecular complexity index is 346. The molecule has 0 aliphatic carbocycles. The average molecular weight is 266 g/mol. The van der Waals surface area contributed by atoms with Gasteiger partial charge in [-0.05, 0) is 19.3 Å². The molecular formula is C14H22N2O3. The molecular weight excluding hydrogens is 244 g/mol. The lowest BCUT2D eigenvalue weighted by atomic mass is 10.2. The van der Waals surface area contributed by atoms with Crippen molar-refractivity contribution in [1.29, 1.82) is 0 Å². The third kappa shape index (κ3) is 5.68. The van der Waals surface area contributed by atoms with Crippen molar-refractivity contribution < 1.29 is 14.4 Å². The van der Waals surface area contributed by atoms with Crippen molar-refractivity contribution >= 4 is 17.7 Å². The van der Waals surface area contributed by atoms with Crippen LogP contribution in [0.1, 0.15) is 45.4 Å². The van der Waals surface area contributed by atoms with Gasteiger partial charge in [-0.25, -0.2) is 0 Å². The van der Waals surface area contributed by atoms with Crippen molar-refractivity contribution in [3.63, 3.8) is 0 Å². The Morgan fingerprint density at radius 2 is 1.74 bits per heavy atom. The highest BCUT2D eigenvalue weighted by atomic mass is 16.2. The molecule has 1 heterocycles. The minimum Gasteiger partial charge on any atom is -0.356 e. The van der Waals surface area contributed by atoms with Crippen molar-refractivity contribution in [2.75, 3.05) is 13.1 Å². The van der Waals surface area contributed by atoms with Crippen LogP contribution in [-0.2, 0) is 14.4 Å². The zero-order valence-electron chi connectivity index (χ0n) is 11.5. The van der Waals surface area contributed by atoms with Gasteiger partial charge in [-0.1, -0.05) is 19.8 Å². The van der Waals surface area contributed by atoms with Gasteiger partial charge in [0, 0.05) is 31.7 Å². The van der Waals surface area contributed by atoms with E-state index in [2.05, 4.69) is 5.32 Å². The molecule has 1 rings (SSSR count). The van der Waals surface area contributed by atoms with Gasteiger partial charge in [-0.15, -0.1) is 0 Å². The zero-order chi connectivity index (χ0) is 14.1. The Balaban J connectivity index is 1.96. The Morgan fingerprint density at radius 1 is 1.11 bits per heavy atom. The number of imide groups is 1. The van der Waals surface area contributed by atoms with Crippen molar-refractivity contribution in [2.45, 2.75) is 45.4 Å². The fraction of sp³-hybridized carbons (Fsp3) is 0.643. The van der Waals surface area contributed by atoms with Crippen LogP contribution in [0.4, 0.5) is 0 Å². The SMILES string of the molecule is CCCC(=O)NCCCCCCN1C(=O)C=CC1=O. The molecule has 0 unspecified atom stereocenters. The Morgan fingerprint density at radius 3 is 2.37 bits per heavy atom. The van der Waals surface area contributed by atoms with Crippen LogP contribution in [0.5, 0.6) is 0 Å². The predicted octanol–water partition coefficient (Wildman–Crippen LogP) is 1.39. The number of hydrogen-bond acceptors (Lipinski definition) is 3. The van der Waals surface area contributed by atoms with Crippen LogP contribution < -0.4 is 5.32 Å². The van der Waals surface area contributed by atoms with E-state index in [4.69, 9.17) is 0 Å². The highest BCUT2D eigenvalue weighted by molar-refractivity contribution is 6.12. The summed E-state index contributed by atoms with van der Waals surface area (Å²) < 4.78 is 0. The van der Waals surface area contributed by atoms with Gasteiger partial charge in [0.25, 0.3) is 11.8 Å². The molecule has 0 aromatic carbocycles. The average Bonchev–Trinajstić information content (AvgIpc) is 2.69. The highest BCUT2D eigenvalue weighted by Gasteiger charge is 2.21. The van der Waals surface area contributed by atoms with Crippen molar-refractivity contribution in [2.24, 2.45) is 0 Å². The van der Waals surface area contributed by atoms with Crippen molar-refractivity contribution in [3.05, 3.63) is 12.2 Å². The lowest BCUT2D eigenvalue weighted by Gasteiger charge is -2.13. The minimum absolute atomic E-state index is 0.113.